The summed E-state index contributed by atoms with van der Waals surface area (Å²) in [4.78, 5) is 16.4. The minimum Gasteiger partial charge on any atom is -0.486 e. The number of ether oxygens (including phenoxy) is 1. The Hall–Kier alpha value is -3.09. The van der Waals surface area contributed by atoms with E-state index in [1.165, 1.54) is 6.07 Å². The zero-order valence-corrected chi connectivity index (χ0v) is 17.0. The van der Waals surface area contributed by atoms with Gasteiger partial charge in [-0.15, -0.1) is 0 Å². The number of hydrogen-bond donors (Lipinski definition) is 3. The van der Waals surface area contributed by atoms with E-state index in [1.807, 2.05) is 44.2 Å². The third-order valence-corrected chi connectivity index (χ3v) is 3.99. The highest BCUT2D eigenvalue weighted by Crippen LogP contribution is 2.16. The van der Waals surface area contributed by atoms with E-state index in [2.05, 4.69) is 20.9 Å². The first-order valence-electron chi connectivity index (χ1n) is 9.82. The lowest BCUT2D eigenvalue weighted by molar-refractivity contribution is -0.121. The first-order valence-corrected chi connectivity index (χ1v) is 9.82. The van der Waals surface area contributed by atoms with E-state index in [0.29, 0.717) is 38.6 Å². The summed E-state index contributed by atoms with van der Waals surface area (Å²) < 4.78 is 19.2. The number of carbonyl (C=O) groups excluding carboxylic acids is 1. The lowest BCUT2D eigenvalue weighted by Gasteiger charge is -2.15. The average molecular weight is 400 g/mol. The van der Waals surface area contributed by atoms with Crippen LogP contribution in [0.4, 0.5) is 4.39 Å². The van der Waals surface area contributed by atoms with Gasteiger partial charge >= 0.3 is 0 Å². The third kappa shape index (κ3) is 8.64. The van der Waals surface area contributed by atoms with E-state index in [-0.39, 0.29) is 17.8 Å². The molecule has 0 spiro atoms. The molecule has 2 aromatic rings. The number of halogens is 1. The highest BCUT2D eigenvalue weighted by molar-refractivity contribution is 5.81. The quantitative estimate of drug-likeness (QED) is 0.424. The summed E-state index contributed by atoms with van der Waals surface area (Å²) in [5, 5.41) is 9.14. The van der Waals surface area contributed by atoms with E-state index in [1.54, 1.807) is 18.2 Å². The number of hydrogen-bond acceptors (Lipinski definition) is 3. The molecule has 1 unspecified atom stereocenters. The van der Waals surface area contributed by atoms with Gasteiger partial charge in [-0.25, -0.2) is 9.38 Å². The molecule has 7 heteroatoms. The van der Waals surface area contributed by atoms with Gasteiger partial charge in [0.25, 0.3) is 0 Å². The number of benzene rings is 2. The SMILES string of the molecule is CCNC(=NCC(C)Oc1ccccc1F)NCCC(=O)NCc1ccccc1. The van der Waals surface area contributed by atoms with Crippen molar-refractivity contribution < 1.29 is 13.9 Å². The van der Waals surface area contributed by atoms with Crippen molar-refractivity contribution >= 4 is 11.9 Å². The van der Waals surface area contributed by atoms with Crippen molar-refractivity contribution in [2.24, 2.45) is 4.99 Å². The number of guanidine groups is 1. The van der Waals surface area contributed by atoms with Gasteiger partial charge in [0.05, 0.1) is 6.54 Å². The van der Waals surface area contributed by atoms with E-state index >= 15 is 0 Å². The average Bonchev–Trinajstić information content (AvgIpc) is 2.73. The summed E-state index contributed by atoms with van der Waals surface area (Å²) in [6.07, 6.45) is 0.0370. The van der Waals surface area contributed by atoms with Gasteiger partial charge in [-0.1, -0.05) is 42.5 Å². The second-order valence-electron chi connectivity index (χ2n) is 6.52. The number of carbonyl (C=O) groups is 1. The van der Waals surface area contributed by atoms with Crippen LogP contribution in [0.3, 0.4) is 0 Å². The minimum absolute atomic E-state index is 0.0338. The molecule has 0 aliphatic carbocycles. The molecule has 2 rings (SSSR count). The molecule has 1 atom stereocenters. The van der Waals surface area contributed by atoms with Crippen LogP contribution in [0.2, 0.25) is 0 Å². The lowest BCUT2D eigenvalue weighted by Crippen LogP contribution is -2.40. The van der Waals surface area contributed by atoms with Gasteiger partial charge in [0.15, 0.2) is 17.5 Å². The van der Waals surface area contributed by atoms with E-state index < -0.39 is 5.82 Å². The maximum Gasteiger partial charge on any atom is 0.222 e. The number of nitrogens with zero attached hydrogens (tertiary/aromatic N) is 1. The zero-order chi connectivity index (χ0) is 20.9. The van der Waals surface area contributed by atoms with Crippen molar-refractivity contribution in [3.63, 3.8) is 0 Å². The van der Waals surface area contributed by atoms with Crippen molar-refractivity contribution in [2.45, 2.75) is 32.9 Å². The summed E-state index contributed by atoms with van der Waals surface area (Å²) in [6, 6.07) is 16.1. The molecule has 0 heterocycles. The Morgan fingerprint density at radius 2 is 1.79 bits per heavy atom. The molecule has 3 N–H and O–H groups in total. The third-order valence-electron chi connectivity index (χ3n) is 3.99. The van der Waals surface area contributed by atoms with Crippen molar-refractivity contribution in [3.8, 4) is 5.75 Å². The molecule has 0 aliphatic rings. The van der Waals surface area contributed by atoms with Crippen LogP contribution in [0, 0.1) is 5.82 Å². The fourth-order valence-electron chi connectivity index (χ4n) is 2.54. The molecule has 29 heavy (non-hydrogen) atoms. The first kappa shape index (κ1) is 22.2. The summed E-state index contributed by atoms with van der Waals surface area (Å²) in [7, 11) is 0. The smallest absolute Gasteiger partial charge is 0.222 e. The highest BCUT2D eigenvalue weighted by Gasteiger charge is 2.08. The predicted octanol–water partition coefficient (Wildman–Crippen LogP) is 2.85. The maximum absolute atomic E-state index is 13.7. The fraction of sp³-hybridized carbons (Fsp3) is 0.364. The zero-order valence-electron chi connectivity index (χ0n) is 17.0. The highest BCUT2D eigenvalue weighted by atomic mass is 19.1. The Morgan fingerprint density at radius 3 is 2.52 bits per heavy atom. The Bertz CT molecular complexity index is 783. The van der Waals surface area contributed by atoms with Crippen LogP contribution in [-0.4, -0.2) is 37.6 Å². The van der Waals surface area contributed by atoms with Gasteiger partial charge in [-0.2, -0.15) is 0 Å². The van der Waals surface area contributed by atoms with Crippen LogP contribution in [0.5, 0.6) is 5.75 Å². The van der Waals surface area contributed by atoms with Gasteiger partial charge in [-0.3, -0.25) is 4.79 Å². The van der Waals surface area contributed by atoms with Crippen molar-refractivity contribution in [3.05, 3.63) is 66.0 Å². The molecule has 0 aromatic heterocycles. The normalized spacial score (nSPS) is 12.2. The summed E-state index contributed by atoms with van der Waals surface area (Å²) in [5.74, 6) is 0.374. The first-order chi connectivity index (χ1) is 14.1. The summed E-state index contributed by atoms with van der Waals surface area (Å²) in [5.41, 5.74) is 1.06. The van der Waals surface area contributed by atoms with Crippen molar-refractivity contribution in [2.75, 3.05) is 19.6 Å². The Morgan fingerprint density at radius 1 is 1.07 bits per heavy atom. The van der Waals surface area contributed by atoms with Crippen LogP contribution >= 0.6 is 0 Å². The van der Waals surface area contributed by atoms with E-state index in [0.717, 1.165) is 5.56 Å². The van der Waals surface area contributed by atoms with Gasteiger partial charge in [0.2, 0.25) is 5.91 Å². The lowest BCUT2D eigenvalue weighted by atomic mass is 10.2. The number of para-hydroxylation sites is 1. The van der Waals surface area contributed by atoms with Gasteiger partial charge in [-0.05, 0) is 31.5 Å². The van der Waals surface area contributed by atoms with Crippen LogP contribution in [0.15, 0.2) is 59.6 Å². The number of amides is 1. The molecular formula is C22H29FN4O2. The minimum atomic E-state index is -0.394. The van der Waals surface area contributed by atoms with Crippen LogP contribution in [-0.2, 0) is 11.3 Å². The molecule has 0 saturated carbocycles. The maximum atomic E-state index is 13.7. The topological polar surface area (TPSA) is 74.8 Å². The molecule has 1 amide bonds. The molecule has 6 nitrogen and oxygen atoms in total. The Labute approximate surface area is 171 Å². The van der Waals surface area contributed by atoms with Gasteiger partial charge in [0.1, 0.15) is 6.10 Å². The number of rotatable bonds is 10. The van der Waals surface area contributed by atoms with E-state index in [4.69, 9.17) is 4.74 Å². The molecule has 0 saturated heterocycles. The molecule has 2 aromatic carbocycles. The second-order valence-corrected chi connectivity index (χ2v) is 6.52. The summed E-state index contributed by atoms with van der Waals surface area (Å²) in [6.45, 7) is 5.80. The molecule has 0 fully saturated rings. The van der Waals surface area contributed by atoms with Gasteiger partial charge in [0, 0.05) is 26.1 Å². The second kappa shape index (κ2) is 12.4. The van der Waals surface area contributed by atoms with Crippen LogP contribution in [0.25, 0.3) is 0 Å². The standard InChI is InChI=1S/C22H29FN4O2/c1-3-24-22(27-15-17(2)29-20-12-8-7-11-19(20)23)25-14-13-21(28)26-16-18-9-5-4-6-10-18/h4-12,17H,3,13-16H2,1-2H3,(H,26,28)(H2,24,25,27). The number of aliphatic imine (C=N–C) groups is 1. The largest absolute Gasteiger partial charge is 0.486 e. The molecule has 156 valence electrons. The van der Waals surface area contributed by atoms with Crippen molar-refractivity contribution in [1.29, 1.82) is 0 Å². The Balaban J connectivity index is 1.73. The number of nitrogens with one attached hydrogen (secondary N) is 3. The summed E-state index contributed by atoms with van der Waals surface area (Å²) >= 11 is 0. The Kier molecular flexibility index (Phi) is 9.48. The van der Waals surface area contributed by atoms with Gasteiger partial charge < -0.3 is 20.7 Å². The molecular weight excluding hydrogens is 371 g/mol. The molecule has 0 radical (unpaired) electrons. The predicted molar refractivity (Wildman–Crippen MR) is 113 cm³/mol. The van der Waals surface area contributed by atoms with Crippen molar-refractivity contribution in [1.82, 2.24) is 16.0 Å². The van der Waals surface area contributed by atoms with Crippen LogP contribution in [0.1, 0.15) is 25.8 Å². The molecule has 0 aliphatic heterocycles. The van der Waals surface area contributed by atoms with E-state index in [9.17, 15) is 9.18 Å². The fourth-order valence-corrected chi connectivity index (χ4v) is 2.54. The molecule has 0 bridgehead atoms. The van der Waals surface area contributed by atoms with Crippen LogP contribution < -0.4 is 20.7 Å². The monoisotopic (exact) mass is 400 g/mol.